The number of carbonyl (C=O) groups excluding carboxylic acids is 1. The highest BCUT2D eigenvalue weighted by atomic mass is 16.6. The smallest absolute Gasteiger partial charge is 0.358 e. The molecular formula is C9H13N3O3. The topological polar surface area (TPSA) is 78.0 Å². The summed E-state index contributed by atoms with van der Waals surface area (Å²) in [5, 5.41) is 14.2. The third kappa shape index (κ3) is 2.87. The minimum Gasteiger partial charge on any atom is -0.358 e. The molecule has 0 amide bonds. The number of aromatic nitrogens is 2. The van der Waals surface area contributed by atoms with Crippen LogP contribution < -0.4 is 0 Å². The lowest BCUT2D eigenvalue weighted by Gasteiger charge is -1.94. The lowest BCUT2D eigenvalue weighted by molar-refractivity contribution is -0.390. The normalized spacial score (nSPS) is 10.3. The number of hydrogen-bond donors (Lipinski definition) is 0. The molecule has 6 heteroatoms. The van der Waals surface area contributed by atoms with Gasteiger partial charge in [-0.15, -0.1) is 0 Å². The number of ketones is 1. The fourth-order valence-corrected chi connectivity index (χ4v) is 1.31. The minimum atomic E-state index is -0.546. The first kappa shape index (κ1) is 11.4. The number of aryl methyl sites for hydroxylation is 1. The van der Waals surface area contributed by atoms with Crippen LogP contribution in [0.3, 0.4) is 0 Å². The Kier molecular flexibility index (Phi) is 3.54. The zero-order valence-electron chi connectivity index (χ0n) is 8.77. The summed E-state index contributed by atoms with van der Waals surface area (Å²) in [7, 11) is 0. The van der Waals surface area contributed by atoms with E-state index in [1.165, 1.54) is 10.9 Å². The van der Waals surface area contributed by atoms with Crippen molar-refractivity contribution >= 4 is 11.6 Å². The Morgan fingerprint density at radius 1 is 1.67 bits per heavy atom. The highest BCUT2D eigenvalue weighted by molar-refractivity contribution is 5.78. The van der Waals surface area contributed by atoms with Crippen LogP contribution in [-0.2, 0) is 11.3 Å². The summed E-state index contributed by atoms with van der Waals surface area (Å²) in [6.07, 6.45) is 2.78. The molecule has 0 spiro atoms. The minimum absolute atomic E-state index is 0.0369. The second kappa shape index (κ2) is 4.68. The van der Waals surface area contributed by atoms with Crippen molar-refractivity contribution in [2.24, 2.45) is 0 Å². The van der Waals surface area contributed by atoms with Crippen molar-refractivity contribution in [1.82, 2.24) is 9.78 Å². The maximum Gasteiger partial charge on any atom is 0.392 e. The van der Waals surface area contributed by atoms with Gasteiger partial charge in [-0.05, 0) is 18.3 Å². The Morgan fingerprint density at radius 2 is 2.33 bits per heavy atom. The van der Waals surface area contributed by atoms with Gasteiger partial charge in [-0.25, -0.2) is 0 Å². The molecule has 6 nitrogen and oxygen atoms in total. The zero-order valence-corrected chi connectivity index (χ0v) is 8.77. The number of Topliss-reactive ketones (excluding diaryl/α,β-unsaturated/α-hetero) is 1. The van der Waals surface area contributed by atoms with Gasteiger partial charge in [0.2, 0.25) is 0 Å². The van der Waals surface area contributed by atoms with Gasteiger partial charge in [0.1, 0.15) is 6.54 Å². The molecule has 0 saturated heterocycles. The van der Waals surface area contributed by atoms with Gasteiger partial charge in [-0.1, -0.05) is 6.92 Å². The molecule has 0 aliphatic rings. The van der Waals surface area contributed by atoms with Crippen LogP contribution in [0.15, 0.2) is 6.20 Å². The Labute approximate surface area is 87.0 Å². The molecule has 0 aliphatic carbocycles. The van der Waals surface area contributed by atoms with Crippen molar-refractivity contribution in [3.63, 3.8) is 0 Å². The Morgan fingerprint density at radius 3 is 2.80 bits per heavy atom. The predicted octanol–water partition coefficient (Wildman–Crippen LogP) is 1.47. The van der Waals surface area contributed by atoms with E-state index in [-0.39, 0.29) is 18.1 Å². The summed E-state index contributed by atoms with van der Waals surface area (Å²) in [5.74, 6) is -0.144. The summed E-state index contributed by atoms with van der Waals surface area (Å²) in [4.78, 5) is 21.2. The predicted molar refractivity (Wildman–Crippen MR) is 53.5 cm³/mol. The van der Waals surface area contributed by atoms with Crippen molar-refractivity contribution in [2.75, 3.05) is 0 Å². The second-order valence-electron chi connectivity index (χ2n) is 3.38. The Hall–Kier alpha value is -1.72. The van der Waals surface area contributed by atoms with E-state index < -0.39 is 4.92 Å². The number of rotatable bonds is 5. The van der Waals surface area contributed by atoms with Crippen molar-refractivity contribution in [3.05, 3.63) is 21.9 Å². The molecule has 0 fully saturated rings. The highest BCUT2D eigenvalue weighted by Gasteiger charge is 2.17. The largest absolute Gasteiger partial charge is 0.392 e. The monoisotopic (exact) mass is 211 g/mol. The van der Waals surface area contributed by atoms with Crippen LogP contribution in [0, 0.1) is 17.0 Å². The Bertz CT molecular complexity index is 384. The summed E-state index contributed by atoms with van der Waals surface area (Å²) < 4.78 is 1.32. The molecule has 1 heterocycles. The first-order chi connectivity index (χ1) is 7.04. The molecule has 0 saturated carbocycles. The number of carbonyl (C=O) groups is 1. The standard InChI is InChI=1S/C9H13N3O3/c1-3-4-8(13)6-11-5-7(2)9(10-11)12(14)15/h5H,3-4,6H2,1-2H3. The maximum absolute atomic E-state index is 11.3. The molecule has 0 aliphatic heterocycles. The van der Waals surface area contributed by atoms with Gasteiger partial charge >= 0.3 is 5.82 Å². The average Bonchev–Trinajstić information content (AvgIpc) is 2.47. The molecular weight excluding hydrogens is 198 g/mol. The lowest BCUT2D eigenvalue weighted by atomic mass is 10.2. The van der Waals surface area contributed by atoms with E-state index in [9.17, 15) is 14.9 Å². The first-order valence-corrected chi connectivity index (χ1v) is 4.74. The van der Waals surface area contributed by atoms with E-state index in [0.29, 0.717) is 12.0 Å². The van der Waals surface area contributed by atoms with Gasteiger partial charge in [0.05, 0.1) is 16.9 Å². The van der Waals surface area contributed by atoms with E-state index in [1.54, 1.807) is 6.92 Å². The van der Waals surface area contributed by atoms with E-state index in [2.05, 4.69) is 5.10 Å². The van der Waals surface area contributed by atoms with Crippen LogP contribution in [-0.4, -0.2) is 20.5 Å². The zero-order chi connectivity index (χ0) is 11.4. The van der Waals surface area contributed by atoms with Gasteiger partial charge in [0.15, 0.2) is 5.78 Å². The molecule has 82 valence electrons. The number of nitrogens with zero attached hydrogens (tertiary/aromatic N) is 3. The quantitative estimate of drug-likeness (QED) is 0.545. The molecule has 0 aromatic carbocycles. The number of hydrogen-bond acceptors (Lipinski definition) is 4. The second-order valence-corrected chi connectivity index (χ2v) is 3.38. The highest BCUT2D eigenvalue weighted by Crippen LogP contribution is 2.13. The maximum atomic E-state index is 11.3. The number of nitro groups is 1. The molecule has 0 atom stereocenters. The average molecular weight is 211 g/mol. The fourth-order valence-electron chi connectivity index (χ4n) is 1.31. The van der Waals surface area contributed by atoms with Crippen LogP contribution >= 0.6 is 0 Å². The first-order valence-electron chi connectivity index (χ1n) is 4.74. The van der Waals surface area contributed by atoms with Crippen LogP contribution in [0.1, 0.15) is 25.3 Å². The molecule has 0 radical (unpaired) electrons. The summed E-state index contributed by atoms with van der Waals surface area (Å²) in [6, 6.07) is 0. The van der Waals surface area contributed by atoms with Gasteiger partial charge in [-0.3, -0.25) is 4.79 Å². The fraction of sp³-hybridized carbons (Fsp3) is 0.556. The molecule has 1 aromatic heterocycles. The van der Waals surface area contributed by atoms with Crippen LogP contribution in [0.2, 0.25) is 0 Å². The van der Waals surface area contributed by atoms with Crippen LogP contribution in [0.4, 0.5) is 5.82 Å². The van der Waals surface area contributed by atoms with E-state index in [4.69, 9.17) is 0 Å². The summed E-state index contributed by atoms with van der Waals surface area (Å²) in [6.45, 7) is 3.63. The lowest BCUT2D eigenvalue weighted by Crippen LogP contribution is -2.10. The molecule has 1 aromatic rings. The molecule has 0 bridgehead atoms. The van der Waals surface area contributed by atoms with Crippen molar-refractivity contribution in [2.45, 2.75) is 33.2 Å². The SMILES string of the molecule is CCCC(=O)Cn1cc(C)c([N+](=O)[O-])n1. The Balaban J connectivity index is 2.75. The van der Waals surface area contributed by atoms with Crippen molar-refractivity contribution in [3.8, 4) is 0 Å². The van der Waals surface area contributed by atoms with Crippen molar-refractivity contribution in [1.29, 1.82) is 0 Å². The van der Waals surface area contributed by atoms with Crippen molar-refractivity contribution < 1.29 is 9.72 Å². The van der Waals surface area contributed by atoms with Gasteiger partial charge in [0, 0.05) is 6.42 Å². The third-order valence-corrected chi connectivity index (χ3v) is 1.96. The van der Waals surface area contributed by atoms with Gasteiger partial charge in [-0.2, -0.15) is 4.68 Å². The molecule has 1 rings (SSSR count). The van der Waals surface area contributed by atoms with Crippen LogP contribution in [0.5, 0.6) is 0 Å². The molecule has 15 heavy (non-hydrogen) atoms. The molecule has 0 N–H and O–H groups in total. The third-order valence-electron chi connectivity index (χ3n) is 1.96. The van der Waals surface area contributed by atoms with Gasteiger partial charge < -0.3 is 10.1 Å². The van der Waals surface area contributed by atoms with Crippen LogP contribution in [0.25, 0.3) is 0 Å². The molecule has 0 unspecified atom stereocenters. The van der Waals surface area contributed by atoms with Gasteiger partial charge in [0.25, 0.3) is 0 Å². The summed E-state index contributed by atoms with van der Waals surface area (Å²) >= 11 is 0. The van der Waals surface area contributed by atoms with E-state index >= 15 is 0 Å². The summed E-state index contributed by atoms with van der Waals surface area (Å²) in [5.41, 5.74) is 0.476. The van der Waals surface area contributed by atoms with E-state index in [0.717, 1.165) is 6.42 Å². The van der Waals surface area contributed by atoms with E-state index in [1.807, 2.05) is 6.92 Å².